The quantitative estimate of drug-likeness (QED) is 0.765. The van der Waals surface area contributed by atoms with E-state index in [4.69, 9.17) is 9.88 Å². The summed E-state index contributed by atoms with van der Waals surface area (Å²) in [6.45, 7) is 0.431. The number of aromatic nitrogens is 2. The molecule has 118 valence electrons. The van der Waals surface area contributed by atoms with E-state index in [0.717, 1.165) is 10.4 Å². The Bertz CT molecular complexity index is 892. The van der Waals surface area contributed by atoms with Crippen LogP contribution in [0.25, 0.3) is 11.3 Å². The molecule has 2 aromatic heterocycles. The second-order valence-electron chi connectivity index (χ2n) is 4.68. The van der Waals surface area contributed by atoms with Crippen molar-refractivity contribution < 1.29 is 13.2 Å². The van der Waals surface area contributed by atoms with E-state index in [9.17, 15) is 8.42 Å². The predicted molar refractivity (Wildman–Crippen MR) is 87.5 cm³/mol. The summed E-state index contributed by atoms with van der Waals surface area (Å²) in [6, 6.07) is 10.1. The second kappa shape index (κ2) is 6.45. The van der Waals surface area contributed by atoms with Crippen LogP contribution < -0.4 is 9.88 Å². The number of ether oxygens (including phenoxy) is 1. The van der Waals surface area contributed by atoms with Crippen LogP contribution >= 0.6 is 11.3 Å². The summed E-state index contributed by atoms with van der Waals surface area (Å²) in [4.78, 5) is 9.63. The maximum Gasteiger partial charge on any atom is 0.238 e. The van der Waals surface area contributed by atoms with Gasteiger partial charge in [-0.25, -0.2) is 18.5 Å². The average molecular weight is 347 g/mol. The van der Waals surface area contributed by atoms with Crippen LogP contribution in [0.3, 0.4) is 0 Å². The van der Waals surface area contributed by atoms with Crippen LogP contribution in [0.15, 0.2) is 59.1 Å². The van der Waals surface area contributed by atoms with Crippen molar-refractivity contribution in [2.75, 3.05) is 0 Å². The van der Waals surface area contributed by atoms with Gasteiger partial charge in [0.1, 0.15) is 6.61 Å². The lowest BCUT2D eigenvalue weighted by Crippen LogP contribution is -2.11. The lowest BCUT2D eigenvalue weighted by Gasteiger charge is -2.06. The molecule has 23 heavy (non-hydrogen) atoms. The average Bonchev–Trinajstić information content (AvgIpc) is 3.06. The minimum atomic E-state index is -3.70. The first-order valence-corrected chi connectivity index (χ1v) is 9.05. The number of sulfonamides is 1. The number of nitrogens with zero attached hydrogens (tertiary/aromatic N) is 2. The monoisotopic (exact) mass is 347 g/mol. The summed E-state index contributed by atoms with van der Waals surface area (Å²) < 4.78 is 28.1. The highest BCUT2D eigenvalue weighted by atomic mass is 32.2. The molecule has 0 aliphatic rings. The Kier molecular flexibility index (Phi) is 4.37. The molecule has 0 aliphatic carbocycles. The number of rotatable bonds is 5. The van der Waals surface area contributed by atoms with Gasteiger partial charge in [-0.1, -0.05) is 18.2 Å². The van der Waals surface area contributed by atoms with Crippen molar-refractivity contribution in [1.29, 1.82) is 0 Å². The van der Waals surface area contributed by atoms with Crippen LogP contribution in [-0.2, 0) is 16.6 Å². The van der Waals surface area contributed by atoms with Gasteiger partial charge >= 0.3 is 0 Å². The van der Waals surface area contributed by atoms with Gasteiger partial charge in [0.2, 0.25) is 15.9 Å². The van der Waals surface area contributed by atoms with Gasteiger partial charge in [-0.15, -0.1) is 11.3 Å². The fourth-order valence-corrected chi connectivity index (χ4v) is 3.04. The summed E-state index contributed by atoms with van der Waals surface area (Å²) in [5.41, 5.74) is 1.32. The second-order valence-corrected chi connectivity index (χ2v) is 7.27. The van der Waals surface area contributed by atoms with Crippen LogP contribution in [0.4, 0.5) is 0 Å². The van der Waals surface area contributed by atoms with Crippen LogP contribution in [0.1, 0.15) is 4.88 Å². The van der Waals surface area contributed by atoms with Gasteiger partial charge in [0.05, 0.1) is 23.0 Å². The minimum absolute atomic E-state index is 0.0549. The highest BCUT2D eigenvalue weighted by Crippen LogP contribution is 2.21. The van der Waals surface area contributed by atoms with Crippen molar-refractivity contribution in [2.24, 2.45) is 5.14 Å². The lowest BCUT2D eigenvalue weighted by atomic mass is 10.2. The molecule has 0 radical (unpaired) electrons. The molecule has 0 unspecified atom stereocenters. The molecule has 2 heterocycles. The summed E-state index contributed by atoms with van der Waals surface area (Å²) in [7, 11) is -3.70. The molecular weight excluding hydrogens is 334 g/mol. The van der Waals surface area contributed by atoms with Crippen molar-refractivity contribution >= 4 is 21.4 Å². The summed E-state index contributed by atoms with van der Waals surface area (Å²) >= 11 is 1.60. The smallest absolute Gasteiger partial charge is 0.238 e. The van der Waals surface area contributed by atoms with E-state index < -0.39 is 10.0 Å². The first-order chi connectivity index (χ1) is 11.0. The Morgan fingerprint density at radius 1 is 1.13 bits per heavy atom. The number of hydrogen-bond donors (Lipinski definition) is 1. The van der Waals surface area contributed by atoms with Crippen molar-refractivity contribution in [3.05, 3.63) is 59.0 Å². The van der Waals surface area contributed by atoms with E-state index in [0.29, 0.717) is 18.2 Å². The highest BCUT2D eigenvalue weighted by Gasteiger charge is 2.09. The molecule has 3 rings (SSSR count). The highest BCUT2D eigenvalue weighted by molar-refractivity contribution is 7.89. The van der Waals surface area contributed by atoms with Gasteiger partial charge in [-0.05, 0) is 23.6 Å². The van der Waals surface area contributed by atoms with Crippen molar-refractivity contribution in [2.45, 2.75) is 11.5 Å². The van der Waals surface area contributed by atoms with Gasteiger partial charge in [0.15, 0.2) is 0 Å². The van der Waals surface area contributed by atoms with E-state index in [1.807, 2.05) is 17.5 Å². The molecule has 2 N–H and O–H groups in total. The number of nitrogens with two attached hydrogens (primary N) is 1. The fraction of sp³-hybridized carbons (Fsp3) is 0.0667. The molecule has 0 bridgehead atoms. The molecule has 3 aromatic rings. The standard InChI is InChI=1S/C15H13N3O3S2/c16-23(19,20)13-5-3-11(4-6-13)14-8-17-9-15(18-14)21-10-12-2-1-7-22-12/h1-9H,10H2,(H2,16,19,20). The zero-order valence-corrected chi connectivity index (χ0v) is 13.5. The first-order valence-electron chi connectivity index (χ1n) is 6.63. The molecule has 0 saturated carbocycles. The SMILES string of the molecule is NS(=O)(=O)c1ccc(-c2cncc(OCc3cccs3)n2)cc1. The third-order valence-electron chi connectivity index (χ3n) is 3.03. The third kappa shape index (κ3) is 3.92. The van der Waals surface area contributed by atoms with E-state index in [2.05, 4.69) is 9.97 Å². The maximum atomic E-state index is 11.3. The van der Waals surface area contributed by atoms with E-state index in [1.165, 1.54) is 18.3 Å². The summed E-state index contributed by atoms with van der Waals surface area (Å²) in [6.07, 6.45) is 3.12. The molecule has 6 nitrogen and oxygen atoms in total. The fourth-order valence-electron chi connectivity index (χ4n) is 1.91. The maximum absolute atomic E-state index is 11.3. The third-order valence-corrected chi connectivity index (χ3v) is 4.81. The first kappa shape index (κ1) is 15.6. The van der Waals surface area contributed by atoms with Crippen LogP contribution in [-0.4, -0.2) is 18.4 Å². The Hall–Kier alpha value is -2.29. The van der Waals surface area contributed by atoms with E-state index >= 15 is 0 Å². The topological polar surface area (TPSA) is 95.2 Å². The molecule has 0 amide bonds. The summed E-state index contributed by atoms with van der Waals surface area (Å²) in [5.74, 6) is 0.409. The van der Waals surface area contributed by atoms with E-state index in [1.54, 1.807) is 29.7 Å². The molecule has 0 spiro atoms. The van der Waals surface area contributed by atoms with E-state index in [-0.39, 0.29) is 4.90 Å². The molecular formula is C15H13N3O3S2. The number of hydrogen-bond acceptors (Lipinski definition) is 6. The largest absolute Gasteiger partial charge is 0.471 e. The Morgan fingerprint density at radius 3 is 2.57 bits per heavy atom. The van der Waals surface area contributed by atoms with Crippen LogP contribution in [0.2, 0.25) is 0 Å². The van der Waals surface area contributed by atoms with Gasteiger partial charge in [0, 0.05) is 10.4 Å². The predicted octanol–water partition coefficient (Wildman–Crippen LogP) is 2.43. The molecule has 8 heteroatoms. The van der Waals surface area contributed by atoms with Crippen molar-refractivity contribution in [1.82, 2.24) is 9.97 Å². The number of benzene rings is 1. The zero-order valence-electron chi connectivity index (χ0n) is 11.9. The number of primary sulfonamides is 1. The molecule has 0 fully saturated rings. The van der Waals surface area contributed by atoms with Gasteiger partial charge < -0.3 is 4.74 Å². The van der Waals surface area contributed by atoms with Crippen LogP contribution in [0.5, 0.6) is 5.88 Å². The summed E-state index contributed by atoms with van der Waals surface area (Å²) in [5, 5.41) is 7.06. The normalized spacial score (nSPS) is 11.3. The molecule has 0 aliphatic heterocycles. The molecule has 0 saturated heterocycles. The lowest BCUT2D eigenvalue weighted by molar-refractivity contribution is 0.296. The molecule has 0 atom stereocenters. The molecule has 1 aromatic carbocycles. The number of thiophene rings is 1. The Labute approximate surface area is 137 Å². The zero-order chi connectivity index (χ0) is 16.3. The van der Waals surface area contributed by atoms with Crippen LogP contribution in [0, 0.1) is 0 Å². The van der Waals surface area contributed by atoms with Crippen molar-refractivity contribution in [3.63, 3.8) is 0 Å². The van der Waals surface area contributed by atoms with Gasteiger partial charge in [-0.2, -0.15) is 0 Å². The van der Waals surface area contributed by atoms with Gasteiger partial charge in [-0.3, -0.25) is 4.98 Å². The Morgan fingerprint density at radius 2 is 1.91 bits per heavy atom. The van der Waals surface area contributed by atoms with Crippen molar-refractivity contribution in [3.8, 4) is 17.1 Å². The minimum Gasteiger partial charge on any atom is -0.471 e. The van der Waals surface area contributed by atoms with Gasteiger partial charge in [0.25, 0.3) is 0 Å². The Balaban J connectivity index is 1.79.